The van der Waals surface area contributed by atoms with Crippen LogP contribution in [0.15, 0.2) is 64.0 Å². The van der Waals surface area contributed by atoms with Gasteiger partial charge in [0.05, 0.1) is 0 Å². The summed E-state index contributed by atoms with van der Waals surface area (Å²) in [7, 11) is 0. The van der Waals surface area contributed by atoms with Gasteiger partial charge >= 0.3 is 223 Å². The molecule has 2 heterocycles. The van der Waals surface area contributed by atoms with Gasteiger partial charge in [-0.1, -0.05) is 0 Å². The maximum atomic E-state index is 13.0. The smallest absolute Gasteiger partial charge is 0.412 e. The first-order valence-corrected chi connectivity index (χ1v) is 15.4. The first-order chi connectivity index (χ1) is 16.9. The van der Waals surface area contributed by atoms with Gasteiger partial charge in [0.25, 0.3) is 0 Å². The molecule has 1 aliphatic rings. The molecule has 9 heteroatoms. The van der Waals surface area contributed by atoms with Crippen LogP contribution in [0.2, 0.25) is 0 Å². The third-order valence-electron chi connectivity index (χ3n) is 5.16. The molecule has 0 amide bonds. The molecule has 1 radical (unpaired) electrons. The summed E-state index contributed by atoms with van der Waals surface area (Å²) in [6, 6.07) is 15.4. The third kappa shape index (κ3) is 7.05. The van der Waals surface area contributed by atoms with Gasteiger partial charge in [-0.2, -0.15) is 0 Å². The Labute approximate surface area is 227 Å². The molecule has 0 unspecified atom stereocenters. The molecule has 37 heavy (non-hydrogen) atoms. The van der Waals surface area contributed by atoms with Crippen molar-refractivity contribution in [2.24, 2.45) is 0 Å². The fourth-order valence-electron chi connectivity index (χ4n) is 3.71. The minimum absolute atomic E-state index is 0. The molecule has 3 aromatic rings. The molecule has 0 atom stereocenters. The molecular weight excluding hydrogens is 575 g/mol. The van der Waals surface area contributed by atoms with Crippen LogP contribution >= 0.6 is 0 Å². The average molecular weight is 607 g/mol. The number of hydrogen-bond donors (Lipinski definition) is 0. The summed E-state index contributed by atoms with van der Waals surface area (Å²) in [6.07, 6.45) is 1.26. The molecule has 0 bridgehead atoms. The zero-order chi connectivity index (χ0) is 26.1. The number of benzene rings is 2. The van der Waals surface area contributed by atoms with E-state index in [2.05, 4.69) is 8.93 Å². The van der Waals surface area contributed by atoms with Crippen LogP contribution in [0.3, 0.4) is 0 Å². The largest absolute Gasteiger partial charge is 0.412 e. The van der Waals surface area contributed by atoms with Gasteiger partial charge in [-0.25, -0.2) is 0 Å². The van der Waals surface area contributed by atoms with Gasteiger partial charge in [0.2, 0.25) is 0 Å². The van der Waals surface area contributed by atoms with Gasteiger partial charge in [0, 0.05) is 0 Å². The molecule has 1 aromatic heterocycles. The molecule has 2 N–H and O–H groups in total. The maximum Gasteiger partial charge on any atom is -0.412 e. The monoisotopic (exact) mass is 607 g/mol. The summed E-state index contributed by atoms with van der Waals surface area (Å²) in [4.78, 5) is 26.0. The van der Waals surface area contributed by atoms with Gasteiger partial charge in [0.1, 0.15) is 0 Å². The number of nitrogens with zero attached hydrogens (tertiary/aromatic N) is 2. The number of esters is 1. The molecule has 0 saturated heterocycles. The fourth-order valence-corrected chi connectivity index (χ4v) is 7.26. The van der Waals surface area contributed by atoms with Crippen molar-refractivity contribution in [2.75, 3.05) is 0 Å². The Balaban J connectivity index is 0.00000380. The van der Waals surface area contributed by atoms with Crippen molar-refractivity contribution in [2.45, 2.75) is 59.4 Å². The van der Waals surface area contributed by atoms with Crippen LogP contribution in [0.25, 0.3) is 14.2 Å². The Morgan fingerprint density at radius 1 is 0.946 bits per heavy atom. The van der Waals surface area contributed by atoms with Gasteiger partial charge in [-0.05, 0) is 0 Å². The van der Waals surface area contributed by atoms with Gasteiger partial charge in [-0.15, -0.1) is 0 Å². The standard InChI is InChI=1S/C28H30N2O5.In.H2O/c1-8-20(25(31)34-27(2,3)4)16-23-22-17-21(33-18-19-12-10-9-11-13-19)14-15-24(22)30(29-23)26(32)35-28(5,6)7;;/h1,8-15,17H,18H2,2-7H3;;1H2. The SMILES string of the molecule is CC(C)(C)OC(=O)C1=[C](c2nn(C(=O)OC(C)(C)C)c3ccc(OCc4ccccc4)cc23)[In][CH]=C1.O. The number of carbonyl (C=O) groups excluding carboxylic acids is 2. The fraction of sp³-hybridized carbons (Fsp3) is 0.321. The molecule has 193 valence electrons. The summed E-state index contributed by atoms with van der Waals surface area (Å²) in [6.45, 7) is 11.4. The Morgan fingerprint density at radius 2 is 1.62 bits per heavy atom. The average Bonchev–Trinajstić information content (AvgIpc) is 3.40. The minimum Gasteiger partial charge on any atom is -0.412 e. The normalized spacial score (nSPS) is 13.2. The van der Waals surface area contributed by atoms with Gasteiger partial charge < -0.3 is 5.48 Å². The summed E-state index contributed by atoms with van der Waals surface area (Å²) >= 11 is -1.48. The Morgan fingerprint density at radius 3 is 2.27 bits per heavy atom. The van der Waals surface area contributed by atoms with Crippen LogP contribution in [0.4, 0.5) is 4.79 Å². The third-order valence-corrected chi connectivity index (χ3v) is 8.87. The Hall–Kier alpha value is -3.04. The first kappa shape index (κ1) is 28.5. The van der Waals surface area contributed by atoms with Crippen molar-refractivity contribution in [3.05, 3.63) is 75.3 Å². The Kier molecular flexibility index (Phi) is 8.59. The number of fused-ring (bicyclic) bond motifs is 1. The number of carbonyl (C=O) groups is 2. The predicted molar refractivity (Wildman–Crippen MR) is 143 cm³/mol. The molecule has 1 aliphatic heterocycles. The van der Waals surface area contributed by atoms with Crippen molar-refractivity contribution < 1.29 is 29.3 Å². The first-order valence-electron chi connectivity index (χ1n) is 11.8. The minimum atomic E-state index is -1.48. The van der Waals surface area contributed by atoms with Crippen LogP contribution in [0.1, 0.15) is 52.8 Å². The molecular formula is C28H32InN2O6. The van der Waals surface area contributed by atoms with E-state index >= 15 is 0 Å². The second-order valence-electron chi connectivity index (χ2n) is 10.5. The summed E-state index contributed by atoms with van der Waals surface area (Å²) in [5.74, 6) is 0.267. The quantitative estimate of drug-likeness (QED) is 0.384. The van der Waals surface area contributed by atoms with E-state index in [0.29, 0.717) is 29.1 Å². The van der Waals surface area contributed by atoms with Crippen molar-refractivity contribution >= 4 is 49.2 Å². The van der Waals surface area contributed by atoms with Gasteiger partial charge in [-0.3, -0.25) is 0 Å². The van der Waals surface area contributed by atoms with Crippen LogP contribution < -0.4 is 4.74 Å². The molecule has 0 spiro atoms. The molecule has 4 rings (SSSR count). The Bertz CT molecular complexity index is 1360. The molecule has 0 saturated carbocycles. The van der Waals surface area contributed by atoms with Gasteiger partial charge in [0.15, 0.2) is 0 Å². The van der Waals surface area contributed by atoms with E-state index in [1.807, 2.05) is 90.1 Å². The van der Waals surface area contributed by atoms with E-state index in [4.69, 9.17) is 14.2 Å². The zero-order valence-corrected chi connectivity index (χ0v) is 25.3. The molecule has 0 aliphatic carbocycles. The number of ether oxygens (including phenoxy) is 3. The molecule has 8 nitrogen and oxygen atoms in total. The number of aromatic nitrogens is 2. The van der Waals surface area contributed by atoms with Crippen molar-refractivity contribution in [3.8, 4) is 5.75 Å². The topological polar surface area (TPSA) is 111 Å². The van der Waals surface area contributed by atoms with Crippen molar-refractivity contribution in [3.63, 3.8) is 0 Å². The maximum absolute atomic E-state index is 13.0. The molecule has 0 fully saturated rings. The number of hydrogen-bond acceptors (Lipinski definition) is 6. The van der Waals surface area contributed by atoms with Crippen LogP contribution in [-0.4, -0.2) is 61.4 Å². The van der Waals surface area contributed by atoms with E-state index in [0.717, 1.165) is 14.3 Å². The molecule has 2 aromatic carbocycles. The van der Waals surface area contributed by atoms with Crippen LogP contribution in [0.5, 0.6) is 5.75 Å². The summed E-state index contributed by atoms with van der Waals surface area (Å²) in [5.41, 5.74) is 1.46. The van der Waals surface area contributed by atoms with Crippen LogP contribution in [0, 0.1) is 0 Å². The van der Waals surface area contributed by atoms with Crippen molar-refractivity contribution in [1.82, 2.24) is 9.78 Å². The van der Waals surface area contributed by atoms with E-state index in [-0.39, 0.29) is 11.4 Å². The summed E-state index contributed by atoms with van der Waals surface area (Å²) < 4.78 is 21.5. The van der Waals surface area contributed by atoms with E-state index in [1.165, 1.54) is 4.68 Å². The second-order valence-corrected chi connectivity index (χ2v) is 14.2. The van der Waals surface area contributed by atoms with Crippen LogP contribution in [-0.2, 0) is 20.9 Å². The number of rotatable bonds is 5. The van der Waals surface area contributed by atoms with E-state index < -0.39 is 40.2 Å². The van der Waals surface area contributed by atoms with E-state index in [9.17, 15) is 9.59 Å². The van der Waals surface area contributed by atoms with E-state index in [1.54, 1.807) is 6.07 Å². The second kappa shape index (κ2) is 11.1. The predicted octanol–water partition coefficient (Wildman–Crippen LogP) is 4.86. The summed E-state index contributed by atoms with van der Waals surface area (Å²) in [5, 5.41) is 5.41. The van der Waals surface area contributed by atoms with Crippen molar-refractivity contribution in [1.29, 1.82) is 0 Å². The zero-order valence-electron chi connectivity index (χ0n) is 22.0.